The quantitative estimate of drug-likeness (QED) is 0.716. The number of halogens is 4. The number of rotatable bonds is 7. The first-order valence-electron chi connectivity index (χ1n) is 8.15. The minimum Gasteiger partial charge on any atom is -0.355 e. The lowest BCUT2D eigenvalue weighted by atomic mass is 9.85. The molecule has 2 rings (SSSR count). The van der Waals surface area contributed by atoms with Crippen LogP contribution in [0.2, 0.25) is 0 Å². The molecule has 0 aliphatic carbocycles. The molecule has 1 aromatic carbocycles. The SMILES string of the molecule is CNCCCNC(=O)C1(C(F)(F)F)CCN(Cc2ccccc2)C1.Cl. The molecule has 0 spiro atoms. The lowest BCUT2D eigenvalue weighted by Crippen LogP contribution is -2.52. The Bertz CT molecular complexity index is 542. The van der Waals surface area contributed by atoms with Crippen LogP contribution in [-0.4, -0.2) is 50.2 Å². The Hall–Kier alpha value is -1.31. The molecule has 0 aromatic heterocycles. The van der Waals surface area contributed by atoms with Crippen LogP contribution in [0.1, 0.15) is 18.4 Å². The highest BCUT2D eigenvalue weighted by Gasteiger charge is 2.62. The maximum absolute atomic E-state index is 13.7. The Morgan fingerprint density at radius 2 is 1.92 bits per heavy atom. The van der Waals surface area contributed by atoms with Crippen LogP contribution in [-0.2, 0) is 11.3 Å². The summed E-state index contributed by atoms with van der Waals surface area (Å²) in [6.45, 7) is 1.29. The third-order valence-electron chi connectivity index (χ3n) is 4.46. The molecule has 1 aromatic rings. The molecule has 142 valence electrons. The summed E-state index contributed by atoms with van der Waals surface area (Å²) in [4.78, 5) is 14.0. The Kier molecular flexibility index (Phi) is 8.18. The second-order valence-electron chi connectivity index (χ2n) is 6.24. The lowest BCUT2D eigenvalue weighted by molar-refractivity contribution is -0.218. The molecule has 2 N–H and O–H groups in total. The van der Waals surface area contributed by atoms with Gasteiger partial charge in [-0.25, -0.2) is 0 Å². The number of carbonyl (C=O) groups excluding carboxylic acids is 1. The molecule has 1 aliphatic heterocycles. The number of benzene rings is 1. The van der Waals surface area contributed by atoms with Gasteiger partial charge >= 0.3 is 6.18 Å². The Balaban J connectivity index is 0.00000312. The van der Waals surface area contributed by atoms with Gasteiger partial charge in [-0.1, -0.05) is 30.3 Å². The van der Waals surface area contributed by atoms with Crippen LogP contribution in [0.5, 0.6) is 0 Å². The average molecular weight is 380 g/mol. The molecule has 25 heavy (non-hydrogen) atoms. The van der Waals surface area contributed by atoms with Crippen LogP contribution < -0.4 is 10.6 Å². The second kappa shape index (κ2) is 9.40. The monoisotopic (exact) mass is 379 g/mol. The summed E-state index contributed by atoms with van der Waals surface area (Å²) >= 11 is 0. The molecule has 0 saturated carbocycles. The van der Waals surface area contributed by atoms with Crippen molar-refractivity contribution >= 4 is 18.3 Å². The third kappa shape index (κ3) is 5.33. The summed E-state index contributed by atoms with van der Waals surface area (Å²) < 4.78 is 41.0. The predicted molar refractivity (Wildman–Crippen MR) is 93.6 cm³/mol. The fraction of sp³-hybridized carbons (Fsp3) is 0.588. The lowest BCUT2D eigenvalue weighted by Gasteiger charge is -2.30. The highest BCUT2D eigenvalue weighted by atomic mass is 35.5. The van der Waals surface area contributed by atoms with Crippen molar-refractivity contribution in [2.75, 3.05) is 33.2 Å². The largest absolute Gasteiger partial charge is 0.404 e. The molecule has 1 unspecified atom stereocenters. The number of hydrogen-bond donors (Lipinski definition) is 2. The number of likely N-dealkylation sites (tertiary alicyclic amines) is 1. The van der Waals surface area contributed by atoms with Crippen LogP contribution in [0, 0.1) is 5.41 Å². The molecule has 1 aliphatic rings. The van der Waals surface area contributed by atoms with Gasteiger partial charge < -0.3 is 10.6 Å². The van der Waals surface area contributed by atoms with Crippen molar-refractivity contribution in [1.29, 1.82) is 0 Å². The van der Waals surface area contributed by atoms with Gasteiger partial charge in [0.15, 0.2) is 5.41 Å². The number of amides is 1. The average Bonchev–Trinajstić information content (AvgIpc) is 2.97. The first-order valence-corrected chi connectivity index (χ1v) is 8.15. The highest BCUT2D eigenvalue weighted by molar-refractivity contribution is 5.85. The number of hydrogen-bond acceptors (Lipinski definition) is 3. The summed E-state index contributed by atoms with van der Waals surface area (Å²) in [5.41, 5.74) is -1.36. The topological polar surface area (TPSA) is 44.4 Å². The van der Waals surface area contributed by atoms with Gasteiger partial charge in [-0.05, 0) is 38.5 Å². The molecular weight excluding hydrogens is 355 g/mol. The zero-order valence-electron chi connectivity index (χ0n) is 14.2. The summed E-state index contributed by atoms with van der Waals surface area (Å²) in [7, 11) is 1.76. The van der Waals surface area contributed by atoms with E-state index in [-0.39, 0.29) is 38.5 Å². The van der Waals surface area contributed by atoms with Crippen molar-refractivity contribution in [2.24, 2.45) is 5.41 Å². The molecule has 1 fully saturated rings. The number of carbonyl (C=O) groups is 1. The minimum absolute atomic E-state index is 0. The van der Waals surface area contributed by atoms with E-state index in [1.165, 1.54) is 0 Å². The van der Waals surface area contributed by atoms with E-state index in [4.69, 9.17) is 0 Å². The van der Waals surface area contributed by atoms with E-state index in [9.17, 15) is 18.0 Å². The van der Waals surface area contributed by atoms with Gasteiger partial charge in [0.1, 0.15) is 0 Å². The van der Waals surface area contributed by atoms with E-state index in [0.717, 1.165) is 5.56 Å². The molecule has 8 heteroatoms. The molecule has 4 nitrogen and oxygen atoms in total. The van der Waals surface area contributed by atoms with Crippen molar-refractivity contribution < 1.29 is 18.0 Å². The molecule has 1 amide bonds. The summed E-state index contributed by atoms with van der Waals surface area (Å²) in [6, 6.07) is 9.34. The summed E-state index contributed by atoms with van der Waals surface area (Å²) in [5, 5.41) is 5.37. The molecule has 0 bridgehead atoms. The standard InChI is InChI=1S/C17H24F3N3O.ClH/c1-21-9-5-10-22-15(24)16(17(18,19)20)8-11-23(13-16)12-14-6-3-2-4-7-14;/h2-4,6-7,21H,5,8-13H2,1H3,(H,22,24);1H. The molecule has 1 atom stereocenters. The molecule has 1 saturated heterocycles. The Labute approximate surface area is 152 Å². The van der Waals surface area contributed by atoms with Crippen molar-refractivity contribution in [2.45, 2.75) is 25.6 Å². The minimum atomic E-state index is -4.55. The van der Waals surface area contributed by atoms with E-state index in [0.29, 0.717) is 19.5 Å². The van der Waals surface area contributed by atoms with Crippen molar-refractivity contribution in [1.82, 2.24) is 15.5 Å². The molecule has 0 radical (unpaired) electrons. The van der Waals surface area contributed by atoms with Crippen molar-refractivity contribution in [3.05, 3.63) is 35.9 Å². The van der Waals surface area contributed by atoms with Gasteiger partial charge in [-0.15, -0.1) is 12.4 Å². The van der Waals surface area contributed by atoms with Crippen molar-refractivity contribution in [3.8, 4) is 0 Å². The van der Waals surface area contributed by atoms with Gasteiger partial charge in [0, 0.05) is 19.6 Å². The van der Waals surface area contributed by atoms with E-state index in [2.05, 4.69) is 10.6 Å². The maximum Gasteiger partial charge on any atom is 0.404 e. The van der Waals surface area contributed by atoms with Gasteiger partial charge in [-0.2, -0.15) is 13.2 Å². The fourth-order valence-corrected chi connectivity index (χ4v) is 3.05. The number of alkyl halides is 3. The highest BCUT2D eigenvalue weighted by Crippen LogP contribution is 2.46. The van der Waals surface area contributed by atoms with Crippen LogP contribution in [0.3, 0.4) is 0 Å². The first kappa shape index (κ1) is 21.7. The van der Waals surface area contributed by atoms with Crippen molar-refractivity contribution in [3.63, 3.8) is 0 Å². The second-order valence-corrected chi connectivity index (χ2v) is 6.24. The summed E-state index contributed by atoms with van der Waals surface area (Å²) in [6.07, 6.45) is -4.14. The fourth-order valence-electron chi connectivity index (χ4n) is 3.05. The molecular formula is C17H25ClF3N3O. The molecule has 1 heterocycles. The van der Waals surface area contributed by atoms with E-state index >= 15 is 0 Å². The van der Waals surface area contributed by atoms with Crippen LogP contribution in [0.4, 0.5) is 13.2 Å². The van der Waals surface area contributed by atoms with Gasteiger partial charge in [-0.3, -0.25) is 9.69 Å². The van der Waals surface area contributed by atoms with Gasteiger partial charge in [0.25, 0.3) is 0 Å². The normalized spacial score (nSPS) is 21.0. The predicted octanol–water partition coefficient (Wildman–Crippen LogP) is 2.59. The first-order chi connectivity index (χ1) is 11.4. The summed E-state index contributed by atoms with van der Waals surface area (Å²) in [5.74, 6) is -0.901. The van der Waals surface area contributed by atoms with Crippen LogP contribution in [0.25, 0.3) is 0 Å². The zero-order valence-corrected chi connectivity index (χ0v) is 15.1. The van der Waals surface area contributed by atoms with Crippen LogP contribution >= 0.6 is 12.4 Å². The van der Waals surface area contributed by atoms with Gasteiger partial charge in [0.05, 0.1) is 0 Å². The maximum atomic E-state index is 13.7. The third-order valence-corrected chi connectivity index (χ3v) is 4.46. The Morgan fingerprint density at radius 1 is 1.24 bits per heavy atom. The van der Waals surface area contributed by atoms with Gasteiger partial charge in [0.2, 0.25) is 5.91 Å². The zero-order chi connectivity index (χ0) is 17.6. The van der Waals surface area contributed by atoms with E-state index in [1.54, 1.807) is 11.9 Å². The number of nitrogens with zero attached hydrogens (tertiary/aromatic N) is 1. The van der Waals surface area contributed by atoms with Crippen LogP contribution in [0.15, 0.2) is 30.3 Å². The van der Waals surface area contributed by atoms with E-state index < -0.39 is 17.5 Å². The smallest absolute Gasteiger partial charge is 0.355 e. The Morgan fingerprint density at radius 3 is 2.52 bits per heavy atom. The number of nitrogens with one attached hydrogen (secondary N) is 2. The van der Waals surface area contributed by atoms with E-state index in [1.807, 2.05) is 30.3 Å².